The Morgan fingerprint density at radius 1 is 1.24 bits per heavy atom. The van der Waals surface area contributed by atoms with Crippen molar-refractivity contribution in [1.29, 1.82) is 0 Å². The van der Waals surface area contributed by atoms with Gasteiger partial charge in [-0.25, -0.2) is 0 Å². The number of benzene rings is 1. The van der Waals surface area contributed by atoms with Gasteiger partial charge in [0.25, 0.3) is 0 Å². The molecular weight excluding hydrogens is 338 g/mol. The molecule has 1 heterocycles. The lowest BCUT2D eigenvalue weighted by Gasteiger charge is -2.15. The largest absolute Gasteiger partial charge is 0.493 e. The van der Waals surface area contributed by atoms with Crippen molar-refractivity contribution in [3.05, 3.63) is 52.8 Å². The molecule has 136 valence electrons. The second-order valence-corrected chi connectivity index (χ2v) is 6.50. The number of pyridine rings is 1. The van der Waals surface area contributed by atoms with Gasteiger partial charge in [0.1, 0.15) is 6.61 Å². The van der Waals surface area contributed by atoms with Crippen molar-refractivity contribution >= 4 is 11.6 Å². The van der Waals surface area contributed by atoms with Gasteiger partial charge < -0.3 is 19.7 Å². The van der Waals surface area contributed by atoms with E-state index in [2.05, 4.69) is 29.3 Å². The molecule has 0 spiro atoms. The number of hydrogen-bond acceptors (Lipinski definition) is 5. The molecule has 1 aromatic carbocycles. The van der Waals surface area contributed by atoms with Gasteiger partial charge in [0.2, 0.25) is 0 Å². The van der Waals surface area contributed by atoms with E-state index in [0.29, 0.717) is 23.1 Å². The minimum Gasteiger partial charge on any atom is -0.493 e. The number of methoxy groups -OCH3 is 1. The van der Waals surface area contributed by atoms with Crippen molar-refractivity contribution in [1.82, 2.24) is 15.2 Å². The minimum atomic E-state index is 0.395. The van der Waals surface area contributed by atoms with Crippen LogP contribution in [0.1, 0.15) is 17.5 Å². The molecule has 0 saturated heterocycles. The zero-order valence-electron chi connectivity index (χ0n) is 15.1. The Morgan fingerprint density at radius 2 is 2.08 bits per heavy atom. The summed E-state index contributed by atoms with van der Waals surface area (Å²) in [5, 5.41) is 3.97. The summed E-state index contributed by atoms with van der Waals surface area (Å²) in [4.78, 5) is 6.26. The molecule has 0 aliphatic rings. The highest BCUT2D eigenvalue weighted by molar-refractivity contribution is 6.32. The van der Waals surface area contributed by atoms with Crippen LogP contribution in [0.3, 0.4) is 0 Å². The summed E-state index contributed by atoms with van der Waals surface area (Å²) in [6.07, 6.45) is 4.61. The first kappa shape index (κ1) is 19.5. The Labute approximate surface area is 154 Å². The van der Waals surface area contributed by atoms with Gasteiger partial charge in [-0.2, -0.15) is 0 Å². The van der Waals surface area contributed by atoms with Crippen molar-refractivity contribution < 1.29 is 9.47 Å². The van der Waals surface area contributed by atoms with E-state index in [1.807, 2.05) is 24.3 Å². The van der Waals surface area contributed by atoms with Crippen molar-refractivity contribution in [2.75, 3.05) is 34.3 Å². The molecule has 25 heavy (non-hydrogen) atoms. The number of nitrogens with one attached hydrogen (secondary N) is 1. The van der Waals surface area contributed by atoms with Gasteiger partial charge in [-0.3, -0.25) is 4.98 Å². The predicted octanol–water partition coefficient (Wildman–Crippen LogP) is 3.36. The molecule has 0 bridgehead atoms. The Bertz CT molecular complexity index is 651. The van der Waals surface area contributed by atoms with E-state index in [1.165, 1.54) is 0 Å². The van der Waals surface area contributed by atoms with E-state index < -0.39 is 0 Å². The monoisotopic (exact) mass is 363 g/mol. The summed E-state index contributed by atoms with van der Waals surface area (Å²) in [7, 11) is 5.78. The predicted molar refractivity (Wildman–Crippen MR) is 101 cm³/mol. The molecule has 0 amide bonds. The van der Waals surface area contributed by atoms with E-state index in [0.717, 1.165) is 37.2 Å². The van der Waals surface area contributed by atoms with E-state index in [1.54, 1.807) is 19.5 Å². The Kier molecular flexibility index (Phi) is 7.98. The van der Waals surface area contributed by atoms with Crippen molar-refractivity contribution in [3.63, 3.8) is 0 Å². The number of aromatic nitrogens is 1. The third-order valence-corrected chi connectivity index (χ3v) is 3.96. The van der Waals surface area contributed by atoms with Crippen LogP contribution in [0.15, 0.2) is 36.7 Å². The third-order valence-electron chi connectivity index (χ3n) is 3.68. The molecule has 0 saturated carbocycles. The quantitative estimate of drug-likeness (QED) is 0.656. The van der Waals surface area contributed by atoms with E-state index in [9.17, 15) is 0 Å². The van der Waals surface area contributed by atoms with Crippen LogP contribution in [-0.4, -0.2) is 44.2 Å². The third kappa shape index (κ3) is 6.53. The second kappa shape index (κ2) is 10.2. The SMILES string of the molecule is COc1cc(CNCCCN(C)C)cc(Cl)c1OCc1cccnc1. The maximum absolute atomic E-state index is 6.41. The van der Waals surface area contributed by atoms with Gasteiger partial charge in [-0.1, -0.05) is 17.7 Å². The Balaban J connectivity index is 1.95. The molecule has 0 aliphatic carbocycles. The summed E-state index contributed by atoms with van der Waals surface area (Å²) >= 11 is 6.41. The number of rotatable bonds is 10. The summed E-state index contributed by atoms with van der Waals surface area (Å²) in [6.45, 7) is 3.16. The maximum atomic E-state index is 6.41. The fraction of sp³-hybridized carbons (Fsp3) is 0.421. The Morgan fingerprint density at radius 3 is 2.76 bits per heavy atom. The van der Waals surface area contributed by atoms with Gasteiger partial charge in [0, 0.05) is 24.5 Å². The molecule has 1 N–H and O–H groups in total. The van der Waals surface area contributed by atoms with Gasteiger partial charge in [-0.05, 0) is 57.4 Å². The highest BCUT2D eigenvalue weighted by Crippen LogP contribution is 2.36. The van der Waals surface area contributed by atoms with Gasteiger partial charge in [-0.15, -0.1) is 0 Å². The van der Waals surface area contributed by atoms with E-state index in [4.69, 9.17) is 21.1 Å². The van der Waals surface area contributed by atoms with Crippen LogP contribution in [0, 0.1) is 0 Å². The summed E-state index contributed by atoms with van der Waals surface area (Å²) in [5.41, 5.74) is 2.05. The first-order valence-electron chi connectivity index (χ1n) is 8.33. The lowest BCUT2D eigenvalue weighted by Crippen LogP contribution is -2.21. The number of ether oxygens (including phenoxy) is 2. The van der Waals surface area contributed by atoms with Crippen molar-refractivity contribution in [2.45, 2.75) is 19.6 Å². The molecule has 2 rings (SSSR count). The fourth-order valence-corrected chi connectivity index (χ4v) is 2.70. The number of halogens is 1. The van der Waals surface area contributed by atoms with Crippen LogP contribution in [0.5, 0.6) is 11.5 Å². The zero-order valence-corrected chi connectivity index (χ0v) is 15.8. The molecule has 6 heteroatoms. The first-order chi connectivity index (χ1) is 12.1. The molecular formula is C19H26ClN3O2. The molecule has 2 aromatic rings. The minimum absolute atomic E-state index is 0.395. The van der Waals surface area contributed by atoms with E-state index in [-0.39, 0.29) is 0 Å². The normalized spacial score (nSPS) is 10.9. The first-order valence-corrected chi connectivity index (χ1v) is 8.71. The van der Waals surface area contributed by atoms with Gasteiger partial charge in [0.15, 0.2) is 11.5 Å². The molecule has 0 aliphatic heterocycles. The van der Waals surface area contributed by atoms with Crippen LogP contribution in [0.2, 0.25) is 5.02 Å². The van der Waals surface area contributed by atoms with Crippen LogP contribution < -0.4 is 14.8 Å². The summed E-state index contributed by atoms with van der Waals surface area (Å²) < 4.78 is 11.3. The van der Waals surface area contributed by atoms with Crippen LogP contribution in [0.4, 0.5) is 0 Å². The van der Waals surface area contributed by atoms with E-state index >= 15 is 0 Å². The zero-order chi connectivity index (χ0) is 18.1. The second-order valence-electron chi connectivity index (χ2n) is 6.09. The van der Waals surface area contributed by atoms with Gasteiger partial charge in [0.05, 0.1) is 12.1 Å². The standard InChI is InChI=1S/C19H26ClN3O2/c1-23(2)9-5-8-22-13-16-10-17(20)19(18(11-16)24-3)25-14-15-6-4-7-21-12-15/h4,6-7,10-12,22H,5,8-9,13-14H2,1-3H3. The fourth-order valence-electron chi connectivity index (χ4n) is 2.41. The Hall–Kier alpha value is -1.82. The van der Waals surface area contributed by atoms with Crippen molar-refractivity contribution in [2.24, 2.45) is 0 Å². The summed E-state index contributed by atoms with van der Waals surface area (Å²) in [5.74, 6) is 1.20. The lowest BCUT2D eigenvalue weighted by atomic mass is 10.2. The van der Waals surface area contributed by atoms with Crippen molar-refractivity contribution in [3.8, 4) is 11.5 Å². The number of nitrogens with zero attached hydrogens (tertiary/aromatic N) is 2. The lowest BCUT2D eigenvalue weighted by molar-refractivity contribution is 0.284. The maximum Gasteiger partial charge on any atom is 0.180 e. The molecule has 0 atom stereocenters. The van der Waals surface area contributed by atoms with Gasteiger partial charge >= 0.3 is 0 Å². The average Bonchev–Trinajstić information content (AvgIpc) is 2.60. The molecule has 0 radical (unpaired) electrons. The highest BCUT2D eigenvalue weighted by Gasteiger charge is 2.12. The number of hydrogen-bond donors (Lipinski definition) is 1. The van der Waals surface area contributed by atoms with Crippen LogP contribution >= 0.6 is 11.6 Å². The smallest absolute Gasteiger partial charge is 0.180 e. The molecule has 0 unspecified atom stereocenters. The molecule has 5 nitrogen and oxygen atoms in total. The highest BCUT2D eigenvalue weighted by atomic mass is 35.5. The molecule has 0 fully saturated rings. The average molecular weight is 364 g/mol. The topological polar surface area (TPSA) is 46.6 Å². The van der Waals surface area contributed by atoms with Crippen LogP contribution in [-0.2, 0) is 13.2 Å². The molecule has 1 aromatic heterocycles. The summed E-state index contributed by atoms with van der Waals surface area (Å²) in [6, 6.07) is 7.72. The van der Waals surface area contributed by atoms with Crippen LogP contribution in [0.25, 0.3) is 0 Å².